The molecule has 0 amide bonds. The fourth-order valence-electron chi connectivity index (χ4n) is 2.01. The van der Waals surface area contributed by atoms with Gasteiger partial charge < -0.3 is 10.1 Å². The zero-order valence-electron chi connectivity index (χ0n) is 11.6. The molecule has 1 aliphatic carbocycles. The van der Waals surface area contributed by atoms with Crippen LogP contribution in [0.2, 0.25) is 0 Å². The highest BCUT2D eigenvalue weighted by atomic mass is 19.1. The van der Waals surface area contributed by atoms with Crippen molar-refractivity contribution in [2.45, 2.75) is 32.0 Å². The van der Waals surface area contributed by atoms with E-state index < -0.39 is 11.6 Å². The standard InChI is InChI=1S/C14H16F2N4O/c1-20-7-11(18-19-20)8-21-14-12(15)4-9(5-13(14)16)6-17-10-2-3-10/h4-5,7,10,17H,2-3,6,8H2,1H3. The third kappa shape index (κ3) is 3.55. The Labute approximate surface area is 120 Å². The van der Waals surface area contributed by atoms with Gasteiger partial charge in [0.05, 0.1) is 6.20 Å². The third-order valence-corrected chi connectivity index (χ3v) is 3.24. The molecule has 0 aliphatic heterocycles. The highest BCUT2D eigenvalue weighted by molar-refractivity contribution is 5.31. The Bertz CT molecular complexity index is 617. The molecule has 1 aromatic carbocycles. The van der Waals surface area contributed by atoms with Crippen molar-refractivity contribution in [1.29, 1.82) is 0 Å². The van der Waals surface area contributed by atoms with E-state index in [4.69, 9.17) is 4.74 Å². The van der Waals surface area contributed by atoms with Crippen molar-refractivity contribution in [1.82, 2.24) is 20.3 Å². The average molecular weight is 294 g/mol. The lowest BCUT2D eigenvalue weighted by atomic mass is 10.2. The molecule has 7 heteroatoms. The van der Waals surface area contributed by atoms with Gasteiger partial charge in [0.15, 0.2) is 17.4 Å². The van der Waals surface area contributed by atoms with E-state index in [1.165, 1.54) is 16.8 Å². The summed E-state index contributed by atoms with van der Waals surface area (Å²) >= 11 is 0. The molecule has 0 unspecified atom stereocenters. The Morgan fingerprint density at radius 3 is 2.62 bits per heavy atom. The maximum atomic E-state index is 13.9. The first kappa shape index (κ1) is 13.9. The number of ether oxygens (including phenoxy) is 1. The van der Waals surface area contributed by atoms with E-state index in [1.54, 1.807) is 13.2 Å². The molecule has 3 rings (SSSR count). The lowest BCUT2D eigenvalue weighted by Gasteiger charge is -2.09. The Morgan fingerprint density at radius 1 is 1.33 bits per heavy atom. The fraction of sp³-hybridized carbons (Fsp3) is 0.429. The molecule has 0 atom stereocenters. The first-order chi connectivity index (χ1) is 10.1. The largest absolute Gasteiger partial charge is 0.481 e. The normalized spacial score (nSPS) is 14.4. The summed E-state index contributed by atoms with van der Waals surface area (Å²) in [6.45, 7) is 0.435. The summed E-state index contributed by atoms with van der Waals surface area (Å²) in [6.07, 6.45) is 3.89. The van der Waals surface area contributed by atoms with Crippen molar-refractivity contribution < 1.29 is 13.5 Å². The lowest BCUT2D eigenvalue weighted by Crippen LogP contribution is -2.15. The Kier molecular flexibility index (Phi) is 3.83. The van der Waals surface area contributed by atoms with E-state index in [0.29, 0.717) is 23.8 Å². The van der Waals surface area contributed by atoms with Crippen LogP contribution < -0.4 is 10.1 Å². The number of nitrogens with one attached hydrogen (secondary N) is 1. The van der Waals surface area contributed by atoms with E-state index in [9.17, 15) is 8.78 Å². The smallest absolute Gasteiger partial charge is 0.191 e. The molecule has 1 saturated carbocycles. The highest BCUT2D eigenvalue weighted by Crippen LogP contribution is 2.25. The molecule has 0 bridgehead atoms. The molecule has 21 heavy (non-hydrogen) atoms. The van der Waals surface area contributed by atoms with Crippen LogP contribution in [-0.4, -0.2) is 21.0 Å². The average Bonchev–Trinajstić information content (AvgIpc) is 3.17. The van der Waals surface area contributed by atoms with Crippen molar-refractivity contribution >= 4 is 0 Å². The number of hydrogen-bond acceptors (Lipinski definition) is 4. The van der Waals surface area contributed by atoms with Gasteiger partial charge in [-0.25, -0.2) is 8.78 Å². The van der Waals surface area contributed by atoms with Gasteiger partial charge in [-0.3, -0.25) is 4.68 Å². The molecule has 112 valence electrons. The third-order valence-electron chi connectivity index (χ3n) is 3.24. The van der Waals surface area contributed by atoms with Crippen molar-refractivity contribution in [3.63, 3.8) is 0 Å². The molecule has 0 radical (unpaired) electrons. The number of hydrogen-bond donors (Lipinski definition) is 1. The van der Waals surface area contributed by atoms with Gasteiger partial charge >= 0.3 is 0 Å². The minimum absolute atomic E-state index is 0.0264. The molecular weight excluding hydrogens is 278 g/mol. The van der Waals surface area contributed by atoms with Crippen molar-refractivity contribution in [3.8, 4) is 5.75 Å². The van der Waals surface area contributed by atoms with Gasteiger partial charge in [-0.1, -0.05) is 5.21 Å². The summed E-state index contributed by atoms with van der Waals surface area (Å²) < 4.78 is 34.5. The number of nitrogens with zero attached hydrogens (tertiary/aromatic N) is 3. The van der Waals surface area contributed by atoms with Crippen molar-refractivity contribution in [2.24, 2.45) is 7.05 Å². The minimum Gasteiger partial charge on any atom is -0.481 e. The van der Waals surface area contributed by atoms with Crippen LogP contribution in [-0.2, 0) is 20.2 Å². The van der Waals surface area contributed by atoms with Crippen LogP contribution in [0, 0.1) is 11.6 Å². The number of rotatable bonds is 6. The molecule has 0 spiro atoms. The summed E-state index contributed by atoms with van der Waals surface area (Å²) in [5, 5.41) is 10.7. The summed E-state index contributed by atoms with van der Waals surface area (Å²) in [7, 11) is 1.71. The molecule has 2 aromatic rings. The first-order valence-electron chi connectivity index (χ1n) is 6.81. The lowest BCUT2D eigenvalue weighted by molar-refractivity contribution is 0.269. The molecular formula is C14H16F2N4O. The SMILES string of the molecule is Cn1cc(COc2c(F)cc(CNC3CC3)cc2F)nn1. The predicted molar refractivity (Wildman–Crippen MR) is 71.6 cm³/mol. The van der Waals surface area contributed by atoms with Gasteiger partial charge in [-0.05, 0) is 30.5 Å². The maximum absolute atomic E-state index is 13.9. The summed E-state index contributed by atoms with van der Waals surface area (Å²) in [4.78, 5) is 0. The highest BCUT2D eigenvalue weighted by Gasteiger charge is 2.21. The second-order valence-electron chi connectivity index (χ2n) is 5.22. The van der Waals surface area contributed by atoms with Crippen LogP contribution in [0.4, 0.5) is 8.78 Å². The van der Waals surface area contributed by atoms with Crippen LogP contribution in [0.3, 0.4) is 0 Å². The maximum Gasteiger partial charge on any atom is 0.191 e. The van der Waals surface area contributed by atoms with E-state index in [1.807, 2.05) is 0 Å². The Balaban J connectivity index is 1.66. The fourth-order valence-corrected chi connectivity index (χ4v) is 2.01. The summed E-state index contributed by atoms with van der Waals surface area (Å²) in [5.41, 5.74) is 1.08. The summed E-state index contributed by atoms with van der Waals surface area (Å²) in [6, 6.07) is 3.08. The van der Waals surface area contributed by atoms with Crippen LogP contribution in [0.1, 0.15) is 24.1 Å². The molecule has 0 saturated heterocycles. The van der Waals surface area contributed by atoms with E-state index >= 15 is 0 Å². The van der Waals surface area contributed by atoms with Crippen molar-refractivity contribution in [2.75, 3.05) is 0 Å². The monoisotopic (exact) mass is 294 g/mol. The van der Waals surface area contributed by atoms with Crippen LogP contribution in [0.15, 0.2) is 18.3 Å². The van der Waals surface area contributed by atoms with Gasteiger partial charge in [-0.2, -0.15) is 0 Å². The van der Waals surface area contributed by atoms with Gasteiger partial charge in [0.1, 0.15) is 12.3 Å². The second kappa shape index (κ2) is 5.77. The quantitative estimate of drug-likeness (QED) is 0.884. The van der Waals surface area contributed by atoms with Gasteiger partial charge in [0, 0.05) is 19.6 Å². The van der Waals surface area contributed by atoms with Crippen LogP contribution in [0.25, 0.3) is 0 Å². The zero-order chi connectivity index (χ0) is 14.8. The number of halogens is 2. The first-order valence-corrected chi connectivity index (χ1v) is 6.81. The summed E-state index contributed by atoms with van der Waals surface area (Å²) in [5.74, 6) is -1.78. The van der Waals surface area contributed by atoms with Crippen LogP contribution in [0.5, 0.6) is 5.75 Å². The van der Waals surface area contributed by atoms with Gasteiger partial charge in [0.25, 0.3) is 0 Å². The van der Waals surface area contributed by atoms with Crippen molar-refractivity contribution in [3.05, 3.63) is 41.2 Å². The second-order valence-corrected chi connectivity index (χ2v) is 5.22. The zero-order valence-corrected chi connectivity index (χ0v) is 11.6. The number of benzene rings is 1. The van der Waals surface area contributed by atoms with E-state index in [0.717, 1.165) is 12.8 Å². The number of aryl methyl sites for hydroxylation is 1. The molecule has 1 aliphatic rings. The predicted octanol–water partition coefficient (Wildman–Crippen LogP) is 1.92. The Hall–Kier alpha value is -2.02. The van der Waals surface area contributed by atoms with Gasteiger partial charge in [0.2, 0.25) is 0 Å². The minimum atomic E-state index is -0.702. The topological polar surface area (TPSA) is 52.0 Å². The molecule has 1 heterocycles. The molecule has 1 aromatic heterocycles. The molecule has 1 fully saturated rings. The van der Waals surface area contributed by atoms with Crippen LogP contribution >= 0.6 is 0 Å². The Morgan fingerprint density at radius 2 is 2.05 bits per heavy atom. The number of aromatic nitrogens is 3. The molecule has 5 nitrogen and oxygen atoms in total. The van der Waals surface area contributed by atoms with E-state index in [2.05, 4.69) is 15.6 Å². The molecule has 1 N–H and O–H groups in total. The van der Waals surface area contributed by atoms with Gasteiger partial charge in [-0.15, -0.1) is 5.10 Å². The van der Waals surface area contributed by atoms with E-state index in [-0.39, 0.29) is 12.4 Å².